The molecule has 0 fully saturated rings. The molecule has 5 heteroatoms. The average molecular weight is 293 g/mol. The Hall–Kier alpha value is -2.95. The first-order valence-electron chi connectivity index (χ1n) is 6.95. The molecule has 110 valence electrons. The molecule has 0 saturated carbocycles. The largest absolute Gasteiger partial charge is 0.441 e. The number of hydrogen-bond acceptors (Lipinski definition) is 4. The number of nitrogens with zero attached hydrogens (tertiary/aromatic N) is 2. The molecule has 2 aromatic heterocycles. The molecule has 0 aliphatic rings. The van der Waals surface area contributed by atoms with E-state index < -0.39 is 0 Å². The van der Waals surface area contributed by atoms with Gasteiger partial charge in [0, 0.05) is 11.8 Å². The molecule has 0 unspecified atom stereocenters. The van der Waals surface area contributed by atoms with Gasteiger partial charge in [0.2, 0.25) is 5.89 Å². The zero-order valence-corrected chi connectivity index (χ0v) is 12.1. The van der Waals surface area contributed by atoms with Crippen LogP contribution in [0.1, 0.15) is 21.9 Å². The van der Waals surface area contributed by atoms with Gasteiger partial charge in [-0.1, -0.05) is 24.3 Å². The minimum absolute atomic E-state index is 0.269. The fourth-order valence-electron chi connectivity index (χ4n) is 2.07. The Morgan fingerprint density at radius 1 is 1.14 bits per heavy atom. The Balaban J connectivity index is 1.74. The molecule has 0 radical (unpaired) electrons. The molecule has 1 amide bonds. The molecule has 3 aromatic rings. The molecule has 0 saturated heterocycles. The van der Waals surface area contributed by atoms with Gasteiger partial charge in [-0.05, 0) is 31.2 Å². The number of benzene rings is 1. The Kier molecular flexibility index (Phi) is 3.96. The van der Waals surface area contributed by atoms with Gasteiger partial charge in [0.05, 0.1) is 12.2 Å². The maximum Gasteiger partial charge on any atom is 0.273 e. The lowest BCUT2D eigenvalue weighted by Gasteiger charge is -2.02. The zero-order chi connectivity index (χ0) is 15.4. The van der Waals surface area contributed by atoms with E-state index >= 15 is 0 Å². The van der Waals surface area contributed by atoms with Crippen LogP contribution >= 0.6 is 0 Å². The molecule has 1 N–H and O–H groups in total. The number of nitrogens with one attached hydrogen (secondary N) is 1. The van der Waals surface area contributed by atoms with E-state index in [0.717, 1.165) is 11.3 Å². The summed E-state index contributed by atoms with van der Waals surface area (Å²) in [6.07, 6.45) is 1.69. The topological polar surface area (TPSA) is 68.0 Å². The van der Waals surface area contributed by atoms with Crippen LogP contribution in [0.15, 0.2) is 59.1 Å². The maximum atomic E-state index is 12.2. The molecule has 0 spiro atoms. The van der Waals surface area contributed by atoms with Crippen molar-refractivity contribution in [3.05, 3.63) is 71.9 Å². The fraction of sp³-hybridized carbons (Fsp3) is 0.118. The third-order valence-electron chi connectivity index (χ3n) is 3.19. The van der Waals surface area contributed by atoms with Crippen molar-refractivity contribution in [2.75, 3.05) is 0 Å². The smallest absolute Gasteiger partial charge is 0.273 e. The molecular weight excluding hydrogens is 278 g/mol. The average Bonchev–Trinajstić information content (AvgIpc) is 2.96. The van der Waals surface area contributed by atoms with Gasteiger partial charge >= 0.3 is 0 Å². The van der Waals surface area contributed by atoms with Crippen LogP contribution in [0.25, 0.3) is 11.5 Å². The highest BCUT2D eigenvalue weighted by atomic mass is 16.4. The van der Waals surface area contributed by atoms with Crippen LogP contribution in [0.2, 0.25) is 0 Å². The van der Waals surface area contributed by atoms with E-state index in [1.165, 1.54) is 0 Å². The van der Waals surface area contributed by atoms with Crippen molar-refractivity contribution >= 4 is 5.91 Å². The number of aromatic nitrogens is 2. The van der Waals surface area contributed by atoms with E-state index in [0.29, 0.717) is 23.9 Å². The van der Waals surface area contributed by atoms with Gasteiger partial charge in [0.15, 0.2) is 5.69 Å². The second-order valence-corrected chi connectivity index (χ2v) is 4.79. The highest BCUT2D eigenvalue weighted by Gasteiger charge is 2.17. The summed E-state index contributed by atoms with van der Waals surface area (Å²) in [4.78, 5) is 20.7. The van der Waals surface area contributed by atoms with E-state index in [1.54, 1.807) is 13.1 Å². The maximum absolute atomic E-state index is 12.2. The number of oxazole rings is 1. The summed E-state index contributed by atoms with van der Waals surface area (Å²) in [6, 6.07) is 15.1. The standard InChI is InChI=1S/C17H15N3O2/c1-12-15(16(21)19-11-14-9-5-6-10-18-14)20-17(22-12)13-7-3-2-4-8-13/h2-10H,11H2,1H3,(H,19,21). The molecule has 5 nitrogen and oxygen atoms in total. The Morgan fingerprint density at radius 2 is 1.91 bits per heavy atom. The molecule has 0 bridgehead atoms. The number of carbonyl (C=O) groups is 1. The van der Waals surface area contributed by atoms with Crippen molar-refractivity contribution in [2.45, 2.75) is 13.5 Å². The third-order valence-corrected chi connectivity index (χ3v) is 3.19. The van der Waals surface area contributed by atoms with E-state index in [1.807, 2.05) is 48.5 Å². The molecule has 2 heterocycles. The first-order valence-corrected chi connectivity index (χ1v) is 6.95. The monoisotopic (exact) mass is 293 g/mol. The van der Waals surface area contributed by atoms with Crippen LogP contribution in [0.5, 0.6) is 0 Å². The Bertz CT molecular complexity index is 767. The molecule has 3 rings (SSSR count). The molecule has 1 aromatic carbocycles. The zero-order valence-electron chi connectivity index (χ0n) is 12.1. The summed E-state index contributed by atoms with van der Waals surface area (Å²) >= 11 is 0. The first kappa shape index (κ1) is 14.0. The van der Waals surface area contributed by atoms with Gasteiger partial charge in [-0.2, -0.15) is 0 Å². The second kappa shape index (κ2) is 6.22. The number of aryl methyl sites for hydroxylation is 1. The van der Waals surface area contributed by atoms with Gasteiger partial charge < -0.3 is 9.73 Å². The van der Waals surface area contributed by atoms with Crippen molar-refractivity contribution in [1.82, 2.24) is 15.3 Å². The molecule has 22 heavy (non-hydrogen) atoms. The normalized spacial score (nSPS) is 10.4. The highest BCUT2D eigenvalue weighted by molar-refractivity contribution is 5.93. The van der Waals surface area contributed by atoms with Gasteiger partial charge in [-0.15, -0.1) is 0 Å². The summed E-state index contributed by atoms with van der Waals surface area (Å²) in [5, 5.41) is 2.80. The van der Waals surface area contributed by atoms with E-state index in [4.69, 9.17) is 4.42 Å². The predicted molar refractivity (Wildman–Crippen MR) is 82.1 cm³/mol. The fourth-order valence-corrected chi connectivity index (χ4v) is 2.07. The first-order chi connectivity index (χ1) is 10.7. The lowest BCUT2D eigenvalue weighted by atomic mass is 10.2. The van der Waals surface area contributed by atoms with Gasteiger partial charge in [0.25, 0.3) is 5.91 Å². The van der Waals surface area contributed by atoms with E-state index in [9.17, 15) is 4.79 Å². The number of amides is 1. The van der Waals surface area contributed by atoms with Crippen LogP contribution in [0.3, 0.4) is 0 Å². The highest BCUT2D eigenvalue weighted by Crippen LogP contribution is 2.21. The summed E-state index contributed by atoms with van der Waals surface area (Å²) in [7, 11) is 0. The summed E-state index contributed by atoms with van der Waals surface area (Å²) in [5.74, 6) is 0.674. The lowest BCUT2D eigenvalue weighted by molar-refractivity contribution is 0.0944. The van der Waals surface area contributed by atoms with E-state index in [-0.39, 0.29) is 5.91 Å². The van der Waals surface area contributed by atoms with Crippen molar-refractivity contribution < 1.29 is 9.21 Å². The van der Waals surface area contributed by atoms with Gasteiger partial charge in [0.1, 0.15) is 5.76 Å². The minimum Gasteiger partial charge on any atom is -0.441 e. The van der Waals surface area contributed by atoms with Gasteiger partial charge in [-0.25, -0.2) is 4.98 Å². The van der Waals surface area contributed by atoms with Crippen LogP contribution in [0, 0.1) is 6.92 Å². The van der Waals surface area contributed by atoms with E-state index in [2.05, 4.69) is 15.3 Å². The molecule has 0 aliphatic heterocycles. The number of rotatable bonds is 4. The number of carbonyl (C=O) groups excluding carboxylic acids is 1. The van der Waals surface area contributed by atoms with Crippen molar-refractivity contribution in [3.8, 4) is 11.5 Å². The second-order valence-electron chi connectivity index (χ2n) is 4.79. The van der Waals surface area contributed by atoms with Crippen molar-refractivity contribution in [1.29, 1.82) is 0 Å². The Morgan fingerprint density at radius 3 is 2.64 bits per heavy atom. The van der Waals surface area contributed by atoms with Crippen LogP contribution in [-0.4, -0.2) is 15.9 Å². The molecule has 0 aliphatic carbocycles. The SMILES string of the molecule is Cc1oc(-c2ccccc2)nc1C(=O)NCc1ccccn1. The Labute approximate surface area is 128 Å². The van der Waals surface area contributed by atoms with Crippen molar-refractivity contribution in [3.63, 3.8) is 0 Å². The third kappa shape index (κ3) is 3.03. The lowest BCUT2D eigenvalue weighted by Crippen LogP contribution is -2.24. The summed E-state index contributed by atoms with van der Waals surface area (Å²) in [6.45, 7) is 2.09. The van der Waals surface area contributed by atoms with Crippen LogP contribution < -0.4 is 5.32 Å². The summed E-state index contributed by atoms with van der Waals surface area (Å²) in [5.41, 5.74) is 1.93. The van der Waals surface area contributed by atoms with Crippen LogP contribution in [0.4, 0.5) is 0 Å². The number of hydrogen-bond donors (Lipinski definition) is 1. The minimum atomic E-state index is -0.269. The molecule has 0 atom stereocenters. The predicted octanol–water partition coefficient (Wildman–Crippen LogP) is 2.98. The summed E-state index contributed by atoms with van der Waals surface area (Å²) < 4.78 is 5.59. The number of pyridine rings is 1. The molecular formula is C17H15N3O2. The van der Waals surface area contributed by atoms with Crippen LogP contribution in [-0.2, 0) is 6.54 Å². The van der Waals surface area contributed by atoms with Crippen molar-refractivity contribution in [2.24, 2.45) is 0 Å². The quantitative estimate of drug-likeness (QED) is 0.803. The van der Waals surface area contributed by atoms with Gasteiger partial charge in [-0.3, -0.25) is 9.78 Å².